The van der Waals surface area contributed by atoms with Crippen molar-refractivity contribution in [1.29, 1.82) is 0 Å². The molecule has 0 spiro atoms. The van der Waals surface area contributed by atoms with E-state index in [9.17, 15) is 9.59 Å². The molecule has 0 aliphatic rings. The Morgan fingerprint density at radius 3 is 2.75 bits per heavy atom. The minimum absolute atomic E-state index is 0.196. The number of thioether (sulfide) groups is 1. The van der Waals surface area contributed by atoms with Gasteiger partial charge in [-0.2, -0.15) is 0 Å². The first-order chi connectivity index (χ1) is 7.54. The molecule has 86 valence electrons. The van der Waals surface area contributed by atoms with Crippen molar-refractivity contribution in [3.63, 3.8) is 0 Å². The number of halogens is 1. The molecule has 2 amide bonds. The van der Waals surface area contributed by atoms with E-state index in [4.69, 9.17) is 17.3 Å². The van der Waals surface area contributed by atoms with Crippen LogP contribution in [0.25, 0.3) is 0 Å². The third kappa shape index (κ3) is 3.43. The molecule has 16 heavy (non-hydrogen) atoms. The highest BCUT2D eigenvalue weighted by Crippen LogP contribution is 2.22. The van der Waals surface area contributed by atoms with Gasteiger partial charge in [0.1, 0.15) is 0 Å². The van der Waals surface area contributed by atoms with Crippen LogP contribution in [0.1, 0.15) is 10.4 Å². The summed E-state index contributed by atoms with van der Waals surface area (Å²) in [6, 6.07) is 5.13. The zero-order chi connectivity index (χ0) is 12.1. The number of hydrogen-bond donors (Lipinski definition) is 2. The van der Waals surface area contributed by atoms with Crippen molar-refractivity contribution in [3.05, 3.63) is 28.8 Å². The molecule has 0 unspecified atom stereocenters. The van der Waals surface area contributed by atoms with Crippen molar-refractivity contribution in [2.45, 2.75) is 4.90 Å². The van der Waals surface area contributed by atoms with Crippen LogP contribution in [0, 0.1) is 0 Å². The van der Waals surface area contributed by atoms with E-state index in [1.807, 2.05) is 12.3 Å². The predicted molar refractivity (Wildman–Crippen MR) is 64.8 cm³/mol. The number of nitrogens with two attached hydrogens (primary N) is 1. The summed E-state index contributed by atoms with van der Waals surface area (Å²) in [6.45, 7) is -0.196. The van der Waals surface area contributed by atoms with Gasteiger partial charge in [0, 0.05) is 4.90 Å². The second kappa shape index (κ2) is 5.77. The number of carbonyl (C=O) groups is 2. The molecule has 1 aromatic carbocycles. The van der Waals surface area contributed by atoms with Crippen molar-refractivity contribution >= 4 is 35.2 Å². The molecule has 1 aromatic rings. The number of primary amides is 1. The third-order valence-electron chi connectivity index (χ3n) is 1.84. The largest absolute Gasteiger partial charge is 0.368 e. The molecule has 0 aromatic heterocycles. The lowest BCUT2D eigenvalue weighted by Crippen LogP contribution is -2.33. The normalized spacial score (nSPS) is 9.88. The highest BCUT2D eigenvalue weighted by Gasteiger charge is 2.11. The second-order valence-electron chi connectivity index (χ2n) is 2.99. The van der Waals surface area contributed by atoms with Crippen molar-refractivity contribution in [1.82, 2.24) is 5.32 Å². The third-order valence-corrected chi connectivity index (χ3v) is 2.90. The lowest BCUT2D eigenvalue weighted by atomic mass is 10.2. The number of nitrogens with one attached hydrogen (secondary N) is 1. The van der Waals surface area contributed by atoms with E-state index in [1.165, 1.54) is 11.8 Å². The van der Waals surface area contributed by atoms with Crippen LogP contribution >= 0.6 is 23.4 Å². The summed E-state index contributed by atoms with van der Waals surface area (Å²) in [5.41, 5.74) is 5.26. The van der Waals surface area contributed by atoms with E-state index in [1.54, 1.807) is 12.1 Å². The molecule has 0 atom stereocenters. The Balaban J connectivity index is 2.85. The van der Waals surface area contributed by atoms with Crippen LogP contribution < -0.4 is 11.1 Å². The molecule has 0 aliphatic carbocycles. The van der Waals surface area contributed by atoms with Gasteiger partial charge in [0.05, 0.1) is 17.1 Å². The molecule has 0 bridgehead atoms. The average Bonchev–Trinajstić information content (AvgIpc) is 2.26. The average molecular weight is 259 g/mol. The summed E-state index contributed by atoms with van der Waals surface area (Å²) in [6.07, 6.45) is 1.90. The molecule has 0 saturated heterocycles. The van der Waals surface area contributed by atoms with E-state index in [0.717, 1.165) is 4.90 Å². The minimum Gasteiger partial charge on any atom is -0.368 e. The number of amides is 2. The second-order valence-corrected chi connectivity index (χ2v) is 4.28. The Hall–Kier alpha value is -1.20. The van der Waals surface area contributed by atoms with Crippen LogP contribution in [0.5, 0.6) is 0 Å². The summed E-state index contributed by atoms with van der Waals surface area (Å²) in [7, 11) is 0. The summed E-state index contributed by atoms with van der Waals surface area (Å²) in [5.74, 6) is -0.995. The Labute approximate surface area is 103 Å². The van der Waals surface area contributed by atoms with Crippen LogP contribution in [-0.2, 0) is 4.79 Å². The Kier molecular flexibility index (Phi) is 4.64. The minimum atomic E-state index is -0.592. The monoisotopic (exact) mass is 258 g/mol. The van der Waals surface area contributed by atoms with Gasteiger partial charge in [-0.15, -0.1) is 11.8 Å². The highest BCUT2D eigenvalue weighted by atomic mass is 35.5. The van der Waals surface area contributed by atoms with Crippen molar-refractivity contribution in [2.24, 2.45) is 5.73 Å². The lowest BCUT2D eigenvalue weighted by molar-refractivity contribution is -0.117. The van der Waals surface area contributed by atoms with Gasteiger partial charge >= 0.3 is 0 Å². The fraction of sp³-hybridized carbons (Fsp3) is 0.200. The van der Waals surface area contributed by atoms with Gasteiger partial charge in [0.25, 0.3) is 5.91 Å². The maximum atomic E-state index is 11.6. The zero-order valence-corrected chi connectivity index (χ0v) is 10.2. The first-order valence-electron chi connectivity index (χ1n) is 4.44. The SMILES string of the molecule is CSc1ccc(Cl)c(C(=O)NCC(N)=O)c1. The van der Waals surface area contributed by atoms with Crippen LogP contribution in [-0.4, -0.2) is 24.6 Å². The van der Waals surface area contributed by atoms with Gasteiger partial charge in [-0.05, 0) is 24.5 Å². The van der Waals surface area contributed by atoms with E-state index in [-0.39, 0.29) is 6.54 Å². The molecule has 0 aliphatic heterocycles. The van der Waals surface area contributed by atoms with Crippen LogP contribution in [0.15, 0.2) is 23.1 Å². The number of hydrogen-bond acceptors (Lipinski definition) is 3. The molecule has 0 fully saturated rings. The summed E-state index contributed by atoms with van der Waals surface area (Å²) in [4.78, 5) is 23.1. The van der Waals surface area contributed by atoms with Crippen LogP contribution in [0.2, 0.25) is 5.02 Å². The topological polar surface area (TPSA) is 72.2 Å². The Bertz CT molecular complexity index is 423. The van der Waals surface area contributed by atoms with Gasteiger partial charge in [-0.25, -0.2) is 0 Å². The maximum absolute atomic E-state index is 11.6. The molecule has 0 saturated carbocycles. The predicted octanol–water partition coefficient (Wildman–Crippen LogP) is 1.28. The molecule has 3 N–H and O–H groups in total. The fourth-order valence-electron chi connectivity index (χ4n) is 1.07. The molecule has 4 nitrogen and oxygen atoms in total. The quantitative estimate of drug-likeness (QED) is 0.799. The lowest BCUT2D eigenvalue weighted by Gasteiger charge is -2.06. The maximum Gasteiger partial charge on any atom is 0.253 e. The zero-order valence-electron chi connectivity index (χ0n) is 8.62. The number of carbonyl (C=O) groups excluding carboxylic acids is 2. The van der Waals surface area contributed by atoms with Crippen molar-refractivity contribution in [2.75, 3.05) is 12.8 Å². The highest BCUT2D eigenvalue weighted by molar-refractivity contribution is 7.98. The fourth-order valence-corrected chi connectivity index (χ4v) is 1.71. The summed E-state index contributed by atoms with van der Waals surface area (Å²) in [5, 5.41) is 2.73. The summed E-state index contributed by atoms with van der Waals surface area (Å²) < 4.78 is 0. The van der Waals surface area contributed by atoms with Crippen molar-refractivity contribution in [3.8, 4) is 0 Å². The molecule has 0 heterocycles. The van der Waals surface area contributed by atoms with E-state index in [2.05, 4.69) is 5.32 Å². The molecule has 6 heteroatoms. The number of rotatable bonds is 4. The van der Waals surface area contributed by atoms with Gasteiger partial charge in [-0.3, -0.25) is 9.59 Å². The van der Waals surface area contributed by atoms with Gasteiger partial charge in [0.2, 0.25) is 5.91 Å². The van der Waals surface area contributed by atoms with Gasteiger partial charge in [0.15, 0.2) is 0 Å². The van der Waals surface area contributed by atoms with Crippen molar-refractivity contribution < 1.29 is 9.59 Å². The van der Waals surface area contributed by atoms with Gasteiger partial charge < -0.3 is 11.1 Å². The molecular formula is C10H11ClN2O2S. The molecule has 0 radical (unpaired) electrons. The van der Waals surface area contributed by atoms with E-state index in [0.29, 0.717) is 10.6 Å². The first kappa shape index (κ1) is 12.9. The molecular weight excluding hydrogens is 248 g/mol. The van der Waals surface area contributed by atoms with Crippen LogP contribution in [0.3, 0.4) is 0 Å². The number of benzene rings is 1. The Morgan fingerprint density at radius 2 is 2.19 bits per heavy atom. The molecule has 1 rings (SSSR count). The van der Waals surface area contributed by atoms with E-state index < -0.39 is 11.8 Å². The van der Waals surface area contributed by atoms with Gasteiger partial charge in [-0.1, -0.05) is 11.6 Å². The first-order valence-corrected chi connectivity index (χ1v) is 6.05. The van der Waals surface area contributed by atoms with E-state index >= 15 is 0 Å². The summed E-state index contributed by atoms with van der Waals surface area (Å²) >= 11 is 7.38. The Morgan fingerprint density at radius 1 is 1.50 bits per heavy atom. The smallest absolute Gasteiger partial charge is 0.253 e. The standard InChI is InChI=1S/C10H11ClN2O2S/c1-16-6-2-3-8(11)7(4-6)10(15)13-5-9(12)14/h2-4H,5H2,1H3,(H2,12,14)(H,13,15). The van der Waals surface area contributed by atoms with Crippen LogP contribution in [0.4, 0.5) is 0 Å².